The zero-order valence-corrected chi connectivity index (χ0v) is 14.4. The number of carbonyl (C=O) groups is 1. The van der Waals surface area contributed by atoms with Crippen molar-refractivity contribution in [3.8, 4) is 11.8 Å². The number of nitrogens with one attached hydrogen (secondary N) is 1. The summed E-state index contributed by atoms with van der Waals surface area (Å²) in [6.07, 6.45) is 0.328. The van der Waals surface area contributed by atoms with Crippen LogP contribution in [0.4, 0.5) is 4.79 Å². The van der Waals surface area contributed by atoms with Crippen LogP contribution in [-0.4, -0.2) is 23.0 Å². The van der Waals surface area contributed by atoms with E-state index >= 15 is 0 Å². The van der Waals surface area contributed by atoms with Crippen molar-refractivity contribution in [2.24, 2.45) is 5.92 Å². The van der Waals surface area contributed by atoms with Gasteiger partial charge in [-0.1, -0.05) is 50.1 Å². The Morgan fingerprint density at radius 3 is 2.57 bits per heavy atom. The van der Waals surface area contributed by atoms with Gasteiger partial charge in [-0.15, -0.1) is 0 Å². The minimum Gasteiger partial charge on any atom is -0.443 e. The van der Waals surface area contributed by atoms with Gasteiger partial charge in [0.25, 0.3) is 0 Å². The molecule has 1 amide bonds. The van der Waals surface area contributed by atoms with Crippen LogP contribution in [0.2, 0.25) is 0 Å². The fourth-order valence-corrected chi connectivity index (χ4v) is 1.93. The lowest BCUT2D eigenvalue weighted by atomic mass is 9.99. The van der Waals surface area contributed by atoms with Crippen molar-refractivity contribution in [2.75, 3.05) is 0 Å². The van der Waals surface area contributed by atoms with Gasteiger partial charge in [0.1, 0.15) is 5.60 Å². The molecule has 1 unspecified atom stereocenters. The van der Waals surface area contributed by atoms with Crippen LogP contribution in [0.15, 0.2) is 30.3 Å². The van der Waals surface area contributed by atoms with E-state index in [4.69, 9.17) is 4.74 Å². The fraction of sp³-hybridized carbons (Fsp3) is 0.526. The standard InChI is InChI=1S/C19H27NO3/c1-15(2)9-8-12-17(21)20-18(22)23-19(3,4)14-13-16-10-6-5-7-11-16/h5-7,10-11,15,17,21H,9,13-14H2,1-4H3,(H,20,22). The van der Waals surface area contributed by atoms with Crippen LogP contribution in [0.25, 0.3) is 0 Å². The maximum Gasteiger partial charge on any atom is 0.410 e. The van der Waals surface area contributed by atoms with Gasteiger partial charge in [-0.2, -0.15) is 0 Å². The van der Waals surface area contributed by atoms with Gasteiger partial charge >= 0.3 is 6.09 Å². The van der Waals surface area contributed by atoms with Crippen molar-refractivity contribution in [3.05, 3.63) is 35.9 Å². The van der Waals surface area contributed by atoms with Crippen LogP contribution in [0.3, 0.4) is 0 Å². The van der Waals surface area contributed by atoms with E-state index in [1.165, 1.54) is 5.56 Å². The van der Waals surface area contributed by atoms with Crippen molar-refractivity contribution < 1.29 is 14.6 Å². The molecule has 4 heteroatoms. The zero-order valence-electron chi connectivity index (χ0n) is 14.4. The Labute approximate surface area is 139 Å². The summed E-state index contributed by atoms with van der Waals surface area (Å²) < 4.78 is 5.38. The van der Waals surface area contributed by atoms with Crippen molar-refractivity contribution in [3.63, 3.8) is 0 Å². The van der Waals surface area contributed by atoms with E-state index < -0.39 is 17.9 Å². The van der Waals surface area contributed by atoms with E-state index in [-0.39, 0.29) is 0 Å². The molecule has 1 rings (SSSR count). The largest absolute Gasteiger partial charge is 0.443 e. The Morgan fingerprint density at radius 2 is 1.96 bits per heavy atom. The first-order valence-electron chi connectivity index (χ1n) is 7.98. The number of benzene rings is 1. The highest BCUT2D eigenvalue weighted by Gasteiger charge is 2.23. The number of alkyl carbamates (subject to hydrolysis) is 1. The van der Waals surface area contributed by atoms with E-state index in [9.17, 15) is 9.90 Å². The van der Waals surface area contributed by atoms with Gasteiger partial charge in [0.05, 0.1) is 0 Å². The first-order valence-corrected chi connectivity index (χ1v) is 7.98. The molecule has 0 aromatic heterocycles. The van der Waals surface area contributed by atoms with E-state index in [0.29, 0.717) is 18.8 Å². The molecular weight excluding hydrogens is 290 g/mol. The molecule has 0 aliphatic rings. The van der Waals surface area contributed by atoms with Gasteiger partial charge in [-0.25, -0.2) is 4.79 Å². The van der Waals surface area contributed by atoms with Crippen molar-refractivity contribution in [2.45, 2.75) is 58.8 Å². The first-order chi connectivity index (χ1) is 10.8. The van der Waals surface area contributed by atoms with E-state index in [2.05, 4.69) is 17.2 Å². The second kappa shape index (κ2) is 9.22. The van der Waals surface area contributed by atoms with E-state index in [1.807, 2.05) is 58.0 Å². The molecule has 0 aliphatic carbocycles. The van der Waals surface area contributed by atoms with Gasteiger partial charge in [0.2, 0.25) is 0 Å². The van der Waals surface area contributed by atoms with Crippen molar-refractivity contribution in [1.82, 2.24) is 5.32 Å². The molecule has 0 saturated heterocycles. The molecule has 2 N–H and O–H groups in total. The number of hydrogen-bond acceptors (Lipinski definition) is 3. The van der Waals surface area contributed by atoms with Gasteiger partial charge in [0.15, 0.2) is 6.23 Å². The minimum atomic E-state index is -1.20. The average molecular weight is 317 g/mol. The predicted molar refractivity (Wildman–Crippen MR) is 91.7 cm³/mol. The van der Waals surface area contributed by atoms with Crippen LogP contribution >= 0.6 is 0 Å². The quantitative estimate of drug-likeness (QED) is 0.624. The third-order valence-corrected chi connectivity index (χ3v) is 3.23. The molecule has 1 aromatic carbocycles. The maximum atomic E-state index is 11.8. The lowest BCUT2D eigenvalue weighted by molar-refractivity contribution is 0.0249. The number of aliphatic hydroxyl groups is 1. The summed E-state index contributed by atoms with van der Waals surface area (Å²) in [7, 11) is 0. The third kappa shape index (κ3) is 8.90. The summed E-state index contributed by atoms with van der Waals surface area (Å²) in [4.78, 5) is 11.8. The van der Waals surface area contributed by atoms with E-state index in [1.54, 1.807) is 0 Å². The minimum absolute atomic E-state index is 0.429. The monoisotopic (exact) mass is 317 g/mol. The molecule has 1 aromatic rings. The van der Waals surface area contributed by atoms with Crippen LogP contribution in [0.1, 0.15) is 46.1 Å². The SMILES string of the molecule is CC(C)CC#CC(O)NC(=O)OC(C)(C)CCc1ccccc1. The highest BCUT2D eigenvalue weighted by Crippen LogP contribution is 2.18. The van der Waals surface area contributed by atoms with Crippen LogP contribution in [0, 0.1) is 17.8 Å². The first kappa shape index (κ1) is 19.1. The number of aliphatic hydroxyl groups excluding tert-OH is 1. The highest BCUT2D eigenvalue weighted by atomic mass is 16.6. The Kier molecular flexibility index (Phi) is 7.64. The molecule has 0 aliphatic heterocycles. The number of carbonyl (C=O) groups excluding carboxylic acids is 1. The second-order valence-electron chi connectivity index (χ2n) is 6.60. The molecule has 126 valence electrons. The van der Waals surface area contributed by atoms with Crippen molar-refractivity contribution >= 4 is 6.09 Å². The molecule has 0 fully saturated rings. The highest BCUT2D eigenvalue weighted by molar-refractivity contribution is 5.68. The molecule has 0 heterocycles. The Bertz CT molecular complexity index is 541. The number of amides is 1. The number of hydrogen-bond donors (Lipinski definition) is 2. The topological polar surface area (TPSA) is 58.6 Å². The third-order valence-electron chi connectivity index (χ3n) is 3.23. The Balaban J connectivity index is 2.40. The summed E-state index contributed by atoms with van der Waals surface area (Å²) in [5, 5.41) is 12.0. The Morgan fingerprint density at radius 1 is 1.30 bits per heavy atom. The average Bonchev–Trinajstić information content (AvgIpc) is 2.45. The summed E-state index contributed by atoms with van der Waals surface area (Å²) in [6, 6.07) is 10.0. The summed E-state index contributed by atoms with van der Waals surface area (Å²) >= 11 is 0. The summed E-state index contributed by atoms with van der Waals surface area (Å²) in [5.41, 5.74) is 0.578. The lowest BCUT2D eigenvalue weighted by Crippen LogP contribution is -2.39. The van der Waals surface area contributed by atoms with E-state index in [0.717, 1.165) is 6.42 Å². The van der Waals surface area contributed by atoms with Gasteiger partial charge < -0.3 is 9.84 Å². The second-order valence-corrected chi connectivity index (χ2v) is 6.60. The summed E-state index contributed by atoms with van der Waals surface area (Å²) in [5.74, 6) is 5.84. The number of rotatable bonds is 6. The van der Waals surface area contributed by atoms with Gasteiger partial charge in [-0.05, 0) is 44.1 Å². The lowest BCUT2D eigenvalue weighted by Gasteiger charge is -2.25. The molecule has 23 heavy (non-hydrogen) atoms. The molecule has 0 radical (unpaired) electrons. The maximum absolute atomic E-state index is 11.8. The molecule has 0 saturated carbocycles. The van der Waals surface area contributed by atoms with Crippen LogP contribution < -0.4 is 5.32 Å². The predicted octanol–water partition coefficient (Wildman–Crippen LogP) is 3.49. The van der Waals surface area contributed by atoms with Crippen LogP contribution in [-0.2, 0) is 11.2 Å². The normalized spacial score (nSPS) is 12.3. The number of ether oxygens (including phenoxy) is 1. The molecular formula is C19H27NO3. The smallest absolute Gasteiger partial charge is 0.410 e. The summed E-state index contributed by atoms with van der Waals surface area (Å²) in [6.45, 7) is 7.79. The molecule has 0 bridgehead atoms. The van der Waals surface area contributed by atoms with Crippen LogP contribution in [0.5, 0.6) is 0 Å². The van der Waals surface area contributed by atoms with Gasteiger partial charge in [0, 0.05) is 6.42 Å². The molecule has 1 atom stereocenters. The zero-order chi connectivity index (χ0) is 17.3. The molecule has 0 spiro atoms. The van der Waals surface area contributed by atoms with Crippen molar-refractivity contribution in [1.29, 1.82) is 0 Å². The Hall–Kier alpha value is -1.99. The molecule has 4 nitrogen and oxygen atoms in total. The van der Waals surface area contributed by atoms with Gasteiger partial charge in [-0.3, -0.25) is 5.32 Å². The number of aryl methyl sites for hydroxylation is 1. The fourth-order valence-electron chi connectivity index (χ4n) is 1.93.